The Hall–Kier alpha value is -2.10. The molecule has 2 rings (SSSR count). The van der Waals surface area contributed by atoms with E-state index in [4.69, 9.17) is 9.88 Å². The van der Waals surface area contributed by atoms with Crippen molar-refractivity contribution in [2.75, 3.05) is 11.3 Å². The Morgan fingerprint density at radius 2 is 1.43 bits per heavy atom. The number of rotatable bonds is 6. The highest BCUT2D eigenvalue weighted by Gasteiger charge is 2.16. The summed E-state index contributed by atoms with van der Waals surface area (Å²) in [4.78, 5) is -0.226. The first kappa shape index (κ1) is 17.3. The van der Waals surface area contributed by atoms with Crippen molar-refractivity contribution >= 4 is 25.7 Å². The van der Waals surface area contributed by atoms with Crippen LogP contribution in [0.4, 0.5) is 5.69 Å². The Morgan fingerprint density at radius 3 is 1.91 bits per heavy atom. The molecule has 124 valence electrons. The maximum Gasteiger partial charge on any atom is 0.261 e. The molecule has 0 amide bonds. The third-order valence-electron chi connectivity index (χ3n) is 2.88. The van der Waals surface area contributed by atoms with Crippen molar-refractivity contribution in [1.29, 1.82) is 0 Å². The monoisotopic (exact) mass is 356 g/mol. The number of ether oxygens (including phenoxy) is 1. The predicted octanol–water partition coefficient (Wildman–Crippen LogP) is 1.53. The first-order valence-electron chi connectivity index (χ1n) is 6.61. The quantitative estimate of drug-likeness (QED) is 0.814. The second kappa shape index (κ2) is 6.57. The highest BCUT2D eigenvalue weighted by molar-refractivity contribution is 7.92. The highest BCUT2D eigenvalue weighted by Crippen LogP contribution is 2.20. The lowest BCUT2D eigenvalue weighted by molar-refractivity contribution is 0.340. The zero-order chi connectivity index (χ0) is 17.1. The van der Waals surface area contributed by atoms with Gasteiger partial charge in [-0.3, -0.25) is 4.72 Å². The van der Waals surface area contributed by atoms with E-state index < -0.39 is 20.0 Å². The number of sulfonamides is 2. The molecule has 0 radical (unpaired) electrons. The number of primary sulfonamides is 1. The van der Waals surface area contributed by atoms with Crippen LogP contribution in [0, 0.1) is 0 Å². The summed E-state index contributed by atoms with van der Waals surface area (Å²) in [5.41, 5.74) is 0.365. The van der Waals surface area contributed by atoms with E-state index in [9.17, 15) is 16.8 Å². The summed E-state index contributed by atoms with van der Waals surface area (Å²) in [6.07, 6.45) is 0. The first-order valence-corrected chi connectivity index (χ1v) is 9.64. The van der Waals surface area contributed by atoms with Gasteiger partial charge in [-0.25, -0.2) is 22.0 Å². The lowest BCUT2D eigenvalue weighted by atomic mass is 10.3. The summed E-state index contributed by atoms with van der Waals surface area (Å²) < 4.78 is 54.5. The minimum Gasteiger partial charge on any atom is -0.494 e. The summed E-state index contributed by atoms with van der Waals surface area (Å²) in [6.45, 7) is 2.36. The average Bonchev–Trinajstić information content (AvgIpc) is 2.48. The van der Waals surface area contributed by atoms with Crippen molar-refractivity contribution in [3.8, 4) is 5.75 Å². The fraction of sp³-hybridized carbons (Fsp3) is 0.143. The molecule has 3 N–H and O–H groups in total. The van der Waals surface area contributed by atoms with Crippen LogP contribution in [0.25, 0.3) is 0 Å². The molecule has 0 bridgehead atoms. The van der Waals surface area contributed by atoms with E-state index in [0.29, 0.717) is 18.0 Å². The van der Waals surface area contributed by atoms with E-state index >= 15 is 0 Å². The molecule has 7 nitrogen and oxygen atoms in total. The molecule has 0 saturated carbocycles. The first-order chi connectivity index (χ1) is 10.7. The molecule has 0 spiro atoms. The summed E-state index contributed by atoms with van der Waals surface area (Å²) in [5.74, 6) is 0.632. The molecule has 2 aromatic rings. The minimum absolute atomic E-state index is 0.0706. The number of hydrogen-bond donors (Lipinski definition) is 2. The maximum absolute atomic E-state index is 12.3. The summed E-state index contributed by atoms with van der Waals surface area (Å²) >= 11 is 0. The van der Waals surface area contributed by atoms with Gasteiger partial charge in [-0.15, -0.1) is 0 Å². The standard InChI is InChI=1S/C14H16N2O5S2/c1-2-21-12-5-3-11(4-6-12)16-23(19,20)14-9-7-13(8-10-14)22(15,17)18/h3-10,16H,2H2,1H3,(H2,15,17,18). The third kappa shape index (κ3) is 4.44. The van der Waals surface area contributed by atoms with Crippen molar-refractivity contribution in [3.63, 3.8) is 0 Å². The Bertz CT molecular complexity index is 874. The van der Waals surface area contributed by atoms with Crippen LogP contribution < -0.4 is 14.6 Å². The van der Waals surface area contributed by atoms with Crippen LogP contribution in [0.15, 0.2) is 58.3 Å². The largest absolute Gasteiger partial charge is 0.494 e. The fourth-order valence-electron chi connectivity index (χ4n) is 1.81. The lowest BCUT2D eigenvalue weighted by Gasteiger charge is -2.09. The molecule has 0 aliphatic carbocycles. The van der Waals surface area contributed by atoms with Gasteiger partial charge in [0.2, 0.25) is 10.0 Å². The van der Waals surface area contributed by atoms with Gasteiger partial charge < -0.3 is 4.74 Å². The van der Waals surface area contributed by atoms with Crippen LogP contribution in [0.2, 0.25) is 0 Å². The van der Waals surface area contributed by atoms with Gasteiger partial charge >= 0.3 is 0 Å². The van der Waals surface area contributed by atoms with Crippen molar-refractivity contribution in [2.24, 2.45) is 5.14 Å². The van der Waals surface area contributed by atoms with E-state index in [-0.39, 0.29) is 9.79 Å². The third-order valence-corrected chi connectivity index (χ3v) is 5.21. The van der Waals surface area contributed by atoms with Crippen LogP contribution in [0.1, 0.15) is 6.92 Å². The van der Waals surface area contributed by atoms with Crippen molar-refractivity contribution in [3.05, 3.63) is 48.5 Å². The fourth-order valence-corrected chi connectivity index (χ4v) is 3.38. The van der Waals surface area contributed by atoms with Crippen LogP contribution in [-0.4, -0.2) is 23.4 Å². The summed E-state index contributed by atoms with van der Waals surface area (Å²) in [5, 5.41) is 4.97. The SMILES string of the molecule is CCOc1ccc(NS(=O)(=O)c2ccc(S(N)(=O)=O)cc2)cc1. The van der Waals surface area contributed by atoms with Gasteiger partial charge in [0.25, 0.3) is 10.0 Å². The molecule has 0 saturated heterocycles. The molecular weight excluding hydrogens is 340 g/mol. The molecule has 0 fully saturated rings. The summed E-state index contributed by atoms with van der Waals surface area (Å²) in [7, 11) is -7.69. The Kier molecular flexibility index (Phi) is 4.93. The maximum atomic E-state index is 12.3. The minimum atomic E-state index is -3.86. The molecule has 0 aromatic heterocycles. The van der Waals surface area contributed by atoms with Crippen molar-refractivity contribution in [2.45, 2.75) is 16.7 Å². The number of nitrogens with two attached hydrogens (primary N) is 1. The normalized spacial score (nSPS) is 11.9. The van der Waals surface area contributed by atoms with Crippen LogP contribution in [0.5, 0.6) is 5.75 Å². The van der Waals surface area contributed by atoms with Crippen molar-refractivity contribution < 1.29 is 21.6 Å². The lowest BCUT2D eigenvalue weighted by Crippen LogP contribution is -2.15. The Balaban J connectivity index is 2.21. The Labute approximate surface area is 135 Å². The number of hydrogen-bond acceptors (Lipinski definition) is 5. The van der Waals surface area contributed by atoms with Gasteiger partial charge in [0.05, 0.1) is 16.4 Å². The summed E-state index contributed by atoms with van der Waals surface area (Å²) in [6, 6.07) is 11.1. The average molecular weight is 356 g/mol. The molecule has 2 aromatic carbocycles. The molecule has 0 aliphatic rings. The van der Waals surface area contributed by atoms with Crippen molar-refractivity contribution in [1.82, 2.24) is 0 Å². The van der Waals surface area contributed by atoms with Gasteiger partial charge in [-0.05, 0) is 55.5 Å². The molecule has 0 heterocycles. The van der Waals surface area contributed by atoms with Gasteiger partial charge in [0.1, 0.15) is 5.75 Å². The predicted molar refractivity (Wildman–Crippen MR) is 86.2 cm³/mol. The second-order valence-electron chi connectivity index (χ2n) is 4.58. The van der Waals surface area contributed by atoms with E-state index in [2.05, 4.69) is 4.72 Å². The Morgan fingerprint density at radius 1 is 0.913 bits per heavy atom. The van der Waals surface area contributed by atoms with Gasteiger partial charge in [0.15, 0.2) is 0 Å². The van der Waals surface area contributed by atoms with Gasteiger partial charge in [-0.1, -0.05) is 0 Å². The smallest absolute Gasteiger partial charge is 0.261 e. The number of anilines is 1. The molecule has 0 aliphatic heterocycles. The highest BCUT2D eigenvalue weighted by atomic mass is 32.2. The molecule has 23 heavy (non-hydrogen) atoms. The van der Waals surface area contributed by atoms with E-state index in [0.717, 1.165) is 12.1 Å². The number of nitrogens with one attached hydrogen (secondary N) is 1. The van der Waals surface area contributed by atoms with E-state index in [1.165, 1.54) is 12.1 Å². The second-order valence-corrected chi connectivity index (χ2v) is 7.82. The molecule has 9 heteroatoms. The zero-order valence-corrected chi connectivity index (χ0v) is 13.9. The topological polar surface area (TPSA) is 116 Å². The molecular formula is C14H16N2O5S2. The van der Waals surface area contributed by atoms with Crippen LogP contribution >= 0.6 is 0 Å². The van der Waals surface area contributed by atoms with E-state index in [1.807, 2.05) is 6.92 Å². The van der Waals surface area contributed by atoms with E-state index in [1.54, 1.807) is 24.3 Å². The van der Waals surface area contributed by atoms with Crippen LogP contribution in [0.3, 0.4) is 0 Å². The molecule has 0 atom stereocenters. The molecule has 0 unspecified atom stereocenters. The number of benzene rings is 2. The van der Waals surface area contributed by atoms with Gasteiger partial charge in [0, 0.05) is 5.69 Å². The van der Waals surface area contributed by atoms with Gasteiger partial charge in [-0.2, -0.15) is 0 Å². The van der Waals surface area contributed by atoms with Crippen LogP contribution in [-0.2, 0) is 20.0 Å². The zero-order valence-electron chi connectivity index (χ0n) is 12.3.